The van der Waals surface area contributed by atoms with Crippen molar-refractivity contribution in [2.24, 2.45) is 0 Å². The lowest BCUT2D eigenvalue weighted by atomic mass is 9.97. The molecule has 0 aliphatic carbocycles. The van der Waals surface area contributed by atoms with Gasteiger partial charge < -0.3 is 24.4 Å². The number of nitrogens with one attached hydrogen (secondary N) is 1. The molecule has 7 nitrogen and oxygen atoms in total. The molecule has 0 bridgehead atoms. The number of likely N-dealkylation sites (tertiary alicyclic amines) is 1. The Morgan fingerprint density at radius 2 is 1.89 bits per heavy atom. The van der Waals surface area contributed by atoms with Crippen LogP contribution in [0.1, 0.15) is 34.0 Å². The monoisotopic (exact) mass is 532 g/mol. The van der Waals surface area contributed by atoms with Crippen LogP contribution in [0.25, 0.3) is 5.76 Å². The highest BCUT2D eigenvalue weighted by Crippen LogP contribution is 2.41. The number of rotatable bonds is 9. The molecule has 1 atom stereocenters. The Balaban J connectivity index is 1.38. The lowest BCUT2D eigenvalue weighted by Gasteiger charge is -2.28. The van der Waals surface area contributed by atoms with Crippen molar-refractivity contribution in [1.82, 2.24) is 4.90 Å². The summed E-state index contributed by atoms with van der Waals surface area (Å²) in [5.74, 6) is -1.04. The van der Waals surface area contributed by atoms with Gasteiger partial charge >= 0.3 is 0 Å². The topological polar surface area (TPSA) is 83.3 Å². The molecule has 0 radical (unpaired) electrons. The highest BCUT2D eigenvalue weighted by atomic mass is 32.1. The second-order valence-corrected chi connectivity index (χ2v) is 10.7. The molecule has 198 valence electrons. The molecule has 3 aromatic rings. The summed E-state index contributed by atoms with van der Waals surface area (Å²) in [6, 6.07) is 18.2. The first-order valence-electron chi connectivity index (χ1n) is 13.0. The van der Waals surface area contributed by atoms with Crippen LogP contribution in [0.15, 0.2) is 71.6 Å². The van der Waals surface area contributed by atoms with E-state index in [1.165, 1.54) is 16.2 Å². The molecule has 2 fully saturated rings. The van der Waals surface area contributed by atoms with Crippen molar-refractivity contribution in [2.45, 2.75) is 26.0 Å². The number of morpholine rings is 1. The van der Waals surface area contributed by atoms with Gasteiger partial charge in [0.1, 0.15) is 25.4 Å². The largest absolute Gasteiger partial charge is 0.872 e. The van der Waals surface area contributed by atoms with Gasteiger partial charge in [0.05, 0.1) is 25.8 Å². The van der Waals surface area contributed by atoms with Crippen LogP contribution in [0, 0.1) is 6.92 Å². The molecule has 2 aliphatic rings. The minimum Gasteiger partial charge on any atom is -0.872 e. The maximum atomic E-state index is 13.8. The summed E-state index contributed by atoms with van der Waals surface area (Å²) in [4.78, 5) is 30.3. The number of Topliss-reactive ketones (excluding diaryl/α,β-unsaturated/α-hetero) is 1. The Bertz CT molecular complexity index is 1300. The molecule has 1 unspecified atom stereocenters. The number of nitrogens with zero attached hydrogens (tertiary/aromatic N) is 1. The molecule has 3 heterocycles. The van der Waals surface area contributed by atoms with Crippen LogP contribution in [-0.2, 0) is 20.9 Å². The standard InChI is InChI=1S/C30H32N2O5S/c1-21-19-23(37-20-22-7-3-2-4-8-22)10-11-24(21)28(33)26-27(25-9-5-18-38-25)32(30(35)29(26)34)13-6-12-31-14-16-36-17-15-31/h2-5,7-11,18-19,27,33H,6,12-17,20H2,1H3/b28-26+. The summed E-state index contributed by atoms with van der Waals surface area (Å²) < 4.78 is 11.3. The summed E-state index contributed by atoms with van der Waals surface area (Å²) >= 11 is 1.46. The third kappa shape index (κ3) is 5.67. The van der Waals surface area contributed by atoms with Gasteiger partial charge in [-0.05, 0) is 47.2 Å². The summed E-state index contributed by atoms with van der Waals surface area (Å²) in [5, 5.41) is 15.7. The van der Waals surface area contributed by atoms with E-state index in [2.05, 4.69) is 0 Å². The molecule has 38 heavy (non-hydrogen) atoms. The Morgan fingerprint density at radius 3 is 2.61 bits per heavy atom. The fourth-order valence-corrected chi connectivity index (χ4v) is 5.97. The van der Waals surface area contributed by atoms with E-state index in [9.17, 15) is 14.7 Å². The molecule has 1 amide bonds. The van der Waals surface area contributed by atoms with Crippen LogP contribution in [0.4, 0.5) is 0 Å². The number of hydrogen-bond donors (Lipinski definition) is 1. The number of quaternary nitrogens is 1. The average Bonchev–Trinajstić information content (AvgIpc) is 3.56. The number of hydrogen-bond acceptors (Lipinski definition) is 6. The van der Waals surface area contributed by atoms with Gasteiger partial charge in [0.2, 0.25) is 5.78 Å². The third-order valence-electron chi connectivity index (χ3n) is 7.16. The van der Waals surface area contributed by atoms with E-state index in [0.717, 1.165) is 49.7 Å². The normalized spacial score (nSPS) is 19.7. The predicted octanol–water partition coefficient (Wildman–Crippen LogP) is 2.16. The predicted molar refractivity (Wildman–Crippen MR) is 144 cm³/mol. The fraction of sp³-hybridized carbons (Fsp3) is 0.333. The van der Waals surface area contributed by atoms with Gasteiger partial charge in [-0.2, -0.15) is 0 Å². The van der Waals surface area contributed by atoms with Gasteiger partial charge in [-0.25, -0.2) is 0 Å². The van der Waals surface area contributed by atoms with E-state index >= 15 is 0 Å². The summed E-state index contributed by atoms with van der Waals surface area (Å²) in [5.41, 5.74) is 2.20. The number of aryl methyl sites for hydroxylation is 1. The van der Waals surface area contributed by atoms with Gasteiger partial charge in [-0.3, -0.25) is 9.59 Å². The van der Waals surface area contributed by atoms with E-state index in [1.54, 1.807) is 23.1 Å². The first kappa shape index (κ1) is 26.2. The first-order valence-corrected chi connectivity index (χ1v) is 13.9. The Morgan fingerprint density at radius 1 is 1.11 bits per heavy atom. The minimum atomic E-state index is -0.698. The molecule has 5 rings (SSSR count). The van der Waals surface area contributed by atoms with Crippen LogP contribution in [0.2, 0.25) is 0 Å². The van der Waals surface area contributed by atoms with Crippen LogP contribution in [0.3, 0.4) is 0 Å². The van der Waals surface area contributed by atoms with Gasteiger partial charge in [-0.15, -0.1) is 11.3 Å². The van der Waals surface area contributed by atoms with Crippen molar-refractivity contribution >= 4 is 28.8 Å². The zero-order chi connectivity index (χ0) is 26.5. The van der Waals surface area contributed by atoms with Crippen molar-refractivity contribution in [3.8, 4) is 5.75 Å². The second-order valence-electron chi connectivity index (χ2n) is 9.71. The molecule has 2 saturated heterocycles. The number of benzene rings is 2. The number of amides is 1. The van der Waals surface area contributed by atoms with Crippen molar-refractivity contribution < 1.29 is 29.1 Å². The second kappa shape index (κ2) is 11.9. The van der Waals surface area contributed by atoms with Crippen molar-refractivity contribution in [3.63, 3.8) is 0 Å². The first-order chi connectivity index (χ1) is 18.5. The van der Waals surface area contributed by atoms with E-state index in [1.807, 2.05) is 54.8 Å². The van der Waals surface area contributed by atoms with Gasteiger partial charge in [0, 0.05) is 23.4 Å². The highest BCUT2D eigenvalue weighted by molar-refractivity contribution is 7.10. The van der Waals surface area contributed by atoms with Crippen LogP contribution >= 0.6 is 11.3 Å². The minimum absolute atomic E-state index is 0.0391. The van der Waals surface area contributed by atoms with E-state index in [0.29, 0.717) is 30.0 Å². The van der Waals surface area contributed by atoms with Crippen molar-refractivity contribution in [3.05, 3.63) is 93.2 Å². The number of carbonyl (C=O) groups is 2. The number of thiophene rings is 1. The SMILES string of the molecule is Cc1cc(OCc2ccccc2)ccc1/C([O-])=C1\C(=O)C(=O)N(CCC[NH+]2CCOCC2)C1c1cccs1. The quantitative estimate of drug-likeness (QED) is 0.260. The van der Waals surface area contributed by atoms with Crippen LogP contribution in [-0.4, -0.2) is 56.0 Å². The lowest BCUT2D eigenvalue weighted by Crippen LogP contribution is -3.14. The molecular weight excluding hydrogens is 500 g/mol. The van der Waals surface area contributed by atoms with E-state index < -0.39 is 23.5 Å². The number of carbonyl (C=O) groups excluding carboxylic acids is 2. The van der Waals surface area contributed by atoms with Gasteiger partial charge in [0.15, 0.2) is 0 Å². The van der Waals surface area contributed by atoms with Gasteiger partial charge in [0.25, 0.3) is 5.91 Å². The third-order valence-corrected chi connectivity index (χ3v) is 8.09. The molecular formula is C30H32N2O5S. The maximum Gasteiger partial charge on any atom is 0.295 e. The zero-order valence-corrected chi connectivity index (χ0v) is 22.3. The molecule has 1 aromatic heterocycles. The van der Waals surface area contributed by atoms with Gasteiger partial charge in [-0.1, -0.05) is 48.2 Å². The summed E-state index contributed by atoms with van der Waals surface area (Å²) in [7, 11) is 0. The Hall–Kier alpha value is -3.46. The van der Waals surface area contributed by atoms with Crippen LogP contribution < -0.4 is 14.7 Å². The average molecular weight is 533 g/mol. The van der Waals surface area contributed by atoms with Crippen molar-refractivity contribution in [2.75, 3.05) is 39.4 Å². The Kier molecular flexibility index (Phi) is 8.22. The molecule has 1 N–H and O–H groups in total. The molecule has 8 heteroatoms. The number of ether oxygens (including phenoxy) is 2. The molecule has 2 aromatic carbocycles. The number of ketones is 1. The smallest absolute Gasteiger partial charge is 0.295 e. The summed E-state index contributed by atoms with van der Waals surface area (Å²) in [6.07, 6.45) is 0.754. The molecule has 2 aliphatic heterocycles. The fourth-order valence-electron chi connectivity index (χ4n) is 5.12. The van der Waals surface area contributed by atoms with E-state index in [-0.39, 0.29) is 5.57 Å². The summed E-state index contributed by atoms with van der Waals surface area (Å²) in [6.45, 7) is 6.95. The van der Waals surface area contributed by atoms with Crippen molar-refractivity contribution in [1.29, 1.82) is 0 Å². The zero-order valence-electron chi connectivity index (χ0n) is 21.5. The maximum absolute atomic E-state index is 13.8. The van der Waals surface area contributed by atoms with Crippen LogP contribution in [0.5, 0.6) is 5.75 Å². The van der Waals surface area contributed by atoms with E-state index in [4.69, 9.17) is 9.47 Å². The molecule has 0 spiro atoms. The lowest BCUT2D eigenvalue weighted by molar-refractivity contribution is -0.908. The molecule has 0 saturated carbocycles. The highest BCUT2D eigenvalue weighted by Gasteiger charge is 2.44. The Labute approximate surface area is 226 Å².